The molecule has 86 heavy (non-hydrogen) atoms. The highest BCUT2D eigenvalue weighted by atomic mass is 16.7. The van der Waals surface area contributed by atoms with Crippen molar-refractivity contribution < 1.29 is 9.31 Å². The average molecular weight is 986 g/mol. The molecule has 1 saturated heterocycles. The molecule has 2 aromatic carbocycles. The van der Waals surface area contributed by atoms with E-state index in [9.17, 15) is 0 Å². The summed E-state index contributed by atoms with van der Waals surface area (Å²) >= 11 is 0. The number of hydrogen-bond acceptors (Lipinski definition) is 3. The molecule has 2 heterocycles. The normalized spacial score (nSPS) is 12.3. The predicted molar refractivity (Wildman–Crippen MR) is 457 cm³/mol. The van der Waals surface area contributed by atoms with Gasteiger partial charge in [0.25, 0.3) is 0 Å². The second-order valence-corrected chi connectivity index (χ2v) is 24.7. The molecule has 67 heteroatoms. The Labute approximate surface area is 577 Å². The van der Waals surface area contributed by atoms with Gasteiger partial charge in [0.2, 0.25) is 0 Å². The molecule has 0 unspecified atom stereocenters. The molecule has 3 aromatic rings. The highest BCUT2D eigenvalue weighted by molar-refractivity contribution is 8.38. The molecule has 0 bridgehead atoms. The van der Waals surface area contributed by atoms with Gasteiger partial charge in [0.05, 0.1) is 16.7 Å². The van der Waals surface area contributed by atoms with E-state index in [-0.39, 0.29) is 18.3 Å². The lowest BCUT2D eigenvalue weighted by molar-refractivity contribution is 0.00578. The van der Waals surface area contributed by atoms with E-state index in [1.807, 2.05) is 18.3 Å². The van der Waals surface area contributed by atoms with Gasteiger partial charge >= 0.3 is 7.12 Å². The van der Waals surface area contributed by atoms with E-state index in [4.69, 9.17) is 257 Å². The van der Waals surface area contributed by atoms with E-state index < -0.39 is 192 Å². The molecular weight excluding hydrogens is 966 g/mol. The smallest absolute Gasteiger partial charge is 0.399 e. The number of pyridine rings is 1. The van der Waals surface area contributed by atoms with E-state index in [0.717, 1.165) is 23.4 Å². The molecule has 1 aliphatic rings. The van der Waals surface area contributed by atoms with Gasteiger partial charge < -0.3 is 9.31 Å². The topological polar surface area (TPSA) is 31.4 Å². The maximum Gasteiger partial charge on any atom is 0.496 e. The molecular formula is C19H20B64NO2. The quantitative estimate of drug-likeness (QED) is 0.0475. The van der Waals surface area contributed by atoms with Crippen molar-refractivity contribution in [2.45, 2.75) is 38.9 Å². The fourth-order valence-corrected chi connectivity index (χ4v) is 13.9. The first-order valence-corrected chi connectivity index (χ1v) is 28.7. The SMILES string of the molecule is CC1(C)OB(c2cnc3c(ccc4ccccc43)c2)OC1(C)C.[B][B]B([B])B(B([B])[B])B(B(B([B])[B])B([B])[B])B(B(B(B([B])[B])B([B])[B])B(B([B])[B])B([B])[B])B(B(B(B([B])[B])B([B])[B])B(B([B])[B])B([B])[B])B(B(B([B])[B])B([B])[B])B(B([B])[B])B([B])[B]. The van der Waals surface area contributed by atoms with Gasteiger partial charge in [-0.2, -0.15) is 0 Å². The van der Waals surface area contributed by atoms with Gasteiger partial charge in [0, 0.05) is 469 Å². The van der Waals surface area contributed by atoms with E-state index in [0.29, 0.717) is 0 Å². The van der Waals surface area contributed by atoms with Crippen molar-refractivity contribution >= 4 is 480 Å². The van der Waals surface area contributed by atoms with Crippen LogP contribution in [0.15, 0.2) is 48.7 Å². The minimum Gasteiger partial charge on any atom is -0.399 e. The molecule has 0 atom stereocenters. The monoisotopic (exact) mass is 999 g/mol. The molecule has 1 aliphatic heterocycles. The second-order valence-electron chi connectivity index (χ2n) is 24.7. The molecule has 0 N–H and O–H groups in total. The van der Waals surface area contributed by atoms with Crippen molar-refractivity contribution in [2.24, 2.45) is 0 Å². The van der Waals surface area contributed by atoms with Gasteiger partial charge in [-0.1, -0.05) is 42.5 Å². The maximum absolute atomic E-state index is 6.84. The fraction of sp³-hybridized carbons (Fsp3) is 0.316. The Hall–Kier alpha value is 2.19. The number of hydrogen-bond donors (Lipinski definition) is 0. The summed E-state index contributed by atoms with van der Waals surface area (Å²) in [6, 6.07) is 14.7. The molecule has 0 spiro atoms. The molecule has 0 amide bonds. The van der Waals surface area contributed by atoms with Crippen LogP contribution in [-0.4, -0.2) is 470 Å². The standard InChI is InChI=1S/C19H20BNO2.B63/c1-18(2)19(3,4)23-20(22-18)15-11-14-10-9-13-7-5-6-8-16(13)17(14)21-12-15;1-33-49(32)57(48(30)31)61(56(46(26)27)47(28)29)63(60(54(42(18)19)43(20)21)55(44(22)23)45(24)25)62(58(50(34(2)3)35(4)5)51(36(6)7)37(8)9)59(52(38(10)11)39(12)13)53(40(14)15)41(16)17/h5-12H,1-4H3;. The average Bonchev–Trinajstić information content (AvgIpc) is 1.00. The van der Waals surface area contributed by atoms with E-state index >= 15 is 0 Å². The van der Waals surface area contributed by atoms with Crippen LogP contribution in [0.1, 0.15) is 27.7 Å². The highest BCUT2D eigenvalue weighted by Crippen LogP contribution is 2.37. The Morgan fingerprint density at radius 2 is 0.581 bits per heavy atom. The van der Waals surface area contributed by atoms with Gasteiger partial charge in [-0.3, -0.25) is 4.98 Å². The maximum atomic E-state index is 6.84. The molecule has 3 nitrogen and oxygen atoms in total. The van der Waals surface area contributed by atoms with Crippen LogP contribution in [0.3, 0.4) is 0 Å². The van der Waals surface area contributed by atoms with Gasteiger partial charge in [-0.05, 0) is 33.1 Å². The molecule has 65 radical (unpaired) electrons. The Kier molecular flexibility index (Phi) is 34.5. The minimum absolute atomic E-state index is 0.337. The lowest BCUT2D eigenvalue weighted by Gasteiger charge is -2.59. The number of aromatic nitrogens is 1. The minimum atomic E-state index is -1.56. The number of nitrogens with zero attached hydrogens (tertiary/aromatic N) is 1. The van der Waals surface area contributed by atoms with Crippen LogP contribution >= 0.6 is 0 Å². The Balaban J connectivity index is 0.000000684. The van der Waals surface area contributed by atoms with Gasteiger partial charge in [0.1, 0.15) is 0 Å². The molecule has 305 valence electrons. The van der Waals surface area contributed by atoms with Crippen LogP contribution in [-0.2, 0) is 9.31 Å². The van der Waals surface area contributed by atoms with Crippen molar-refractivity contribution in [3.63, 3.8) is 0 Å². The third-order valence-corrected chi connectivity index (χ3v) is 18.2. The Morgan fingerprint density at radius 3 is 0.849 bits per heavy atom. The zero-order valence-corrected chi connectivity index (χ0v) is 50.3. The summed E-state index contributed by atoms with van der Waals surface area (Å²) in [5, 5.41) is 3.48. The zero-order chi connectivity index (χ0) is 66.3. The van der Waals surface area contributed by atoms with Crippen molar-refractivity contribution in [1.82, 2.24) is 4.98 Å². The highest BCUT2D eigenvalue weighted by Gasteiger charge is 2.63. The van der Waals surface area contributed by atoms with Crippen LogP contribution < -0.4 is 5.46 Å². The predicted octanol–water partition coefficient (Wildman–Crippen LogP) is -20.3. The summed E-state index contributed by atoms with van der Waals surface area (Å²) < 4.78 is 12.2. The molecule has 0 aliphatic carbocycles. The molecule has 4 rings (SSSR count). The molecule has 1 fully saturated rings. The Morgan fingerprint density at radius 1 is 0.337 bits per heavy atom. The largest absolute Gasteiger partial charge is 0.496 e. The lowest BCUT2D eigenvalue weighted by atomic mass is 8.22. The van der Waals surface area contributed by atoms with Gasteiger partial charge in [-0.25, -0.2) is 0 Å². The lowest BCUT2D eigenvalue weighted by Crippen LogP contribution is -2.97. The summed E-state index contributed by atoms with van der Waals surface area (Å²) in [4.78, 5) is 4.69. The van der Waals surface area contributed by atoms with E-state index in [1.54, 1.807) is 0 Å². The van der Waals surface area contributed by atoms with Crippen LogP contribution in [0.5, 0.6) is 0 Å². The van der Waals surface area contributed by atoms with Crippen molar-refractivity contribution in [3.05, 3.63) is 48.7 Å². The van der Waals surface area contributed by atoms with E-state index in [1.165, 1.54) is 10.8 Å². The third kappa shape index (κ3) is 20.1. The number of benzene rings is 2. The number of fused-ring (bicyclic) bond motifs is 3. The van der Waals surface area contributed by atoms with Crippen LogP contribution in [0.25, 0.3) is 21.7 Å². The number of rotatable bonds is 31. The van der Waals surface area contributed by atoms with Crippen LogP contribution in [0.2, 0.25) is 0 Å². The summed E-state index contributed by atoms with van der Waals surface area (Å²) in [5.74, 6) is 0. The summed E-state index contributed by atoms with van der Waals surface area (Å²) in [6.07, 6.45) is -41.7. The van der Waals surface area contributed by atoms with Crippen LogP contribution in [0.4, 0.5) is 0 Å². The molecule has 0 saturated carbocycles. The second kappa shape index (κ2) is 36.0. The Bertz CT molecular complexity index is 2280. The van der Waals surface area contributed by atoms with Gasteiger partial charge in [0.15, 0.2) is 0 Å². The first-order chi connectivity index (χ1) is 39.6. The summed E-state index contributed by atoms with van der Waals surface area (Å²) in [5.41, 5.74) is 1.31. The molecule has 1 aromatic heterocycles. The first kappa shape index (κ1) is 82.4. The summed E-state index contributed by atoms with van der Waals surface area (Å²) in [6.45, 7) is 8.26. The van der Waals surface area contributed by atoms with Crippen LogP contribution in [0, 0.1) is 0 Å². The zero-order valence-electron chi connectivity index (χ0n) is 50.3. The summed E-state index contributed by atoms with van der Waals surface area (Å²) in [7, 11) is 213. The third-order valence-electron chi connectivity index (χ3n) is 18.2. The van der Waals surface area contributed by atoms with Crippen molar-refractivity contribution in [1.29, 1.82) is 0 Å². The van der Waals surface area contributed by atoms with E-state index in [2.05, 4.69) is 63.0 Å². The van der Waals surface area contributed by atoms with Crippen molar-refractivity contribution in [2.75, 3.05) is 0 Å². The van der Waals surface area contributed by atoms with Gasteiger partial charge in [-0.15, -0.1) is 0 Å². The first-order valence-electron chi connectivity index (χ1n) is 28.7. The fourth-order valence-electron chi connectivity index (χ4n) is 13.9. The van der Waals surface area contributed by atoms with Crippen molar-refractivity contribution in [3.8, 4) is 0 Å².